The van der Waals surface area contributed by atoms with E-state index in [9.17, 15) is 0 Å². The van der Waals surface area contributed by atoms with Gasteiger partial charge < -0.3 is 11.1 Å². The highest BCUT2D eigenvalue weighted by atomic mass is 127. The summed E-state index contributed by atoms with van der Waals surface area (Å²) in [5, 5.41) is 4.20. The van der Waals surface area contributed by atoms with Crippen molar-refractivity contribution >= 4 is 59.0 Å². The Morgan fingerprint density at radius 1 is 1.17 bits per heavy atom. The van der Waals surface area contributed by atoms with Gasteiger partial charge in [-0.25, -0.2) is 4.98 Å². The van der Waals surface area contributed by atoms with Crippen LogP contribution in [0.3, 0.4) is 0 Å². The third-order valence-electron chi connectivity index (χ3n) is 3.21. The zero-order valence-corrected chi connectivity index (χ0v) is 16.7. The number of halogens is 3. The number of hydrogen-bond acceptors (Lipinski definition) is 2. The molecule has 4 nitrogen and oxygen atoms in total. The molecule has 0 spiro atoms. The Kier molecular flexibility index (Phi) is 7.57. The first-order valence-corrected chi connectivity index (χ1v) is 7.58. The molecule has 124 valence electrons. The van der Waals surface area contributed by atoms with E-state index in [-0.39, 0.29) is 29.4 Å². The minimum atomic E-state index is -0.341. The van der Waals surface area contributed by atoms with E-state index in [0.29, 0.717) is 28.4 Å². The molecule has 0 fully saturated rings. The average Bonchev–Trinajstić information content (AvgIpc) is 2.46. The van der Waals surface area contributed by atoms with E-state index in [1.165, 1.54) is 0 Å². The summed E-state index contributed by atoms with van der Waals surface area (Å²) in [6.45, 7) is 4.50. The van der Waals surface area contributed by atoms with Gasteiger partial charge in [-0.3, -0.25) is 4.99 Å². The SMILES string of the molecule is CC(C)(CN=C(N)Nc1ccccn1)c1c(Cl)cccc1Cl.I. The van der Waals surface area contributed by atoms with Gasteiger partial charge in [0.05, 0.1) is 6.54 Å². The summed E-state index contributed by atoms with van der Waals surface area (Å²) in [4.78, 5) is 8.51. The lowest BCUT2D eigenvalue weighted by Crippen LogP contribution is -2.28. The topological polar surface area (TPSA) is 63.3 Å². The number of nitrogens with one attached hydrogen (secondary N) is 1. The minimum Gasteiger partial charge on any atom is -0.370 e. The average molecular weight is 465 g/mol. The van der Waals surface area contributed by atoms with Crippen LogP contribution < -0.4 is 11.1 Å². The van der Waals surface area contributed by atoms with Crippen LogP contribution >= 0.6 is 47.2 Å². The lowest BCUT2D eigenvalue weighted by molar-refractivity contribution is 0.540. The highest BCUT2D eigenvalue weighted by Crippen LogP contribution is 2.35. The molecule has 1 aromatic carbocycles. The number of anilines is 1. The Balaban J connectivity index is 0.00000264. The highest BCUT2D eigenvalue weighted by molar-refractivity contribution is 14.0. The number of aliphatic imine (C=N–C) groups is 1. The Labute approximate surface area is 163 Å². The molecular weight excluding hydrogens is 446 g/mol. The summed E-state index contributed by atoms with van der Waals surface area (Å²) in [5.74, 6) is 0.951. The zero-order chi connectivity index (χ0) is 16.2. The maximum atomic E-state index is 6.27. The fraction of sp³-hybridized carbons (Fsp3) is 0.250. The molecule has 7 heteroatoms. The van der Waals surface area contributed by atoms with E-state index in [0.717, 1.165) is 5.56 Å². The Bertz CT molecular complexity index is 655. The van der Waals surface area contributed by atoms with Crippen molar-refractivity contribution < 1.29 is 0 Å². The van der Waals surface area contributed by atoms with Crippen LogP contribution in [0.1, 0.15) is 19.4 Å². The molecule has 23 heavy (non-hydrogen) atoms. The fourth-order valence-corrected chi connectivity index (χ4v) is 3.02. The quantitative estimate of drug-likeness (QED) is 0.391. The maximum absolute atomic E-state index is 6.27. The van der Waals surface area contributed by atoms with E-state index in [1.54, 1.807) is 6.20 Å². The molecule has 0 saturated carbocycles. The van der Waals surface area contributed by atoms with E-state index < -0.39 is 0 Å². The Morgan fingerprint density at radius 2 is 1.83 bits per heavy atom. The van der Waals surface area contributed by atoms with Gasteiger partial charge in [0.15, 0.2) is 5.96 Å². The molecule has 3 N–H and O–H groups in total. The van der Waals surface area contributed by atoms with Crippen molar-refractivity contribution in [2.24, 2.45) is 10.7 Å². The molecule has 0 atom stereocenters. The zero-order valence-electron chi connectivity index (χ0n) is 12.9. The van der Waals surface area contributed by atoms with Crippen molar-refractivity contribution in [1.82, 2.24) is 4.98 Å². The van der Waals surface area contributed by atoms with Gasteiger partial charge in [0.1, 0.15) is 5.82 Å². The van der Waals surface area contributed by atoms with Crippen molar-refractivity contribution in [3.8, 4) is 0 Å². The standard InChI is InChI=1S/C16H18Cl2N4.HI/c1-16(2,14-11(17)6-5-7-12(14)18)10-21-15(19)22-13-8-3-4-9-20-13;/h3-9H,10H2,1-2H3,(H3,19,20,21,22);1H. The molecule has 1 aromatic heterocycles. The largest absolute Gasteiger partial charge is 0.370 e. The molecule has 2 aromatic rings. The predicted octanol–water partition coefficient (Wildman–Crippen LogP) is 4.71. The van der Waals surface area contributed by atoms with E-state index >= 15 is 0 Å². The van der Waals surface area contributed by atoms with Crippen LogP contribution in [0.5, 0.6) is 0 Å². The van der Waals surface area contributed by atoms with Gasteiger partial charge in [-0.05, 0) is 29.8 Å². The normalized spacial score (nSPS) is 11.7. The van der Waals surface area contributed by atoms with Gasteiger partial charge in [0.25, 0.3) is 0 Å². The molecule has 0 amide bonds. The summed E-state index contributed by atoms with van der Waals surface area (Å²) in [7, 11) is 0. The van der Waals surface area contributed by atoms with Gasteiger partial charge in [0.2, 0.25) is 0 Å². The molecule has 0 aliphatic carbocycles. The van der Waals surface area contributed by atoms with Crippen LogP contribution in [0.25, 0.3) is 0 Å². The van der Waals surface area contributed by atoms with Crippen molar-refractivity contribution in [3.63, 3.8) is 0 Å². The van der Waals surface area contributed by atoms with Crippen molar-refractivity contribution in [3.05, 3.63) is 58.2 Å². The first-order valence-electron chi connectivity index (χ1n) is 6.82. The number of benzene rings is 1. The molecular formula is C16H19Cl2IN4. The summed E-state index contributed by atoms with van der Waals surface area (Å²) in [5.41, 5.74) is 6.43. The second-order valence-electron chi connectivity index (χ2n) is 5.52. The first kappa shape index (κ1) is 20.0. The van der Waals surface area contributed by atoms with Gasteiger partial charge in [0, 0.05) is 21.7 Å². The Hall–Kier alpha value is -1.05. The van der Waals surface area contributed by atoms with E-state index in [2.05, 4.69) is 15.3 Å². The molecule has 0 aliphatic rings. The van der Waals surface area contributed by atoms with Gasteiger partial charge >= 0.3 is 0 Å². The second kappa shape index (κ2) is 8.70. The van der Waals surface area contributed by atoms with Crippen LogP contribution in [-0.2, 0) is 5.41 Å². The first-order chi connectivity index (χ1) is 10.4. The minimum absolute atomic E-state index is 0. The maximum Gasteiger partial charge on any atom is 0.194 e. The molecule has 0 radical (unpaired) electrons. The molecule has 0 aliphatic heterocycles. The van der Waals surface area contributed by atoms with Crippen LogP contribution in [-0.4, -0.2) is 17.5 Å². The van der Waals surface area contributed by atoms with Crippen molar-refractivity contribution in [1.29, 1.82) is 0 Å². The molecule has 2 rings (SSSR count). The second-order valence-corrected chi connectivity index (χ2v) is 6.34. The monoisotopic (exact) mass is 464 g/mol. The number of hydrogen-bond donors (Lipinski definition) is 2. The van der Waals surface area contributed by atoms with Crippen molar-refractivity contribution in [2.75, 3.05) is 11.9 Å². The number of pyridine rings is 1. The summed E-state index contributed by atoms with van der Waals surface area (Å²) >= 11 is 12.5. The summed E-state index contributed by atoms with van der Waals surface area (Å²) in [6, 6.07) is 11.0. The number of nitrogens with zero attached hydrogens (tertiary/aromatic N) is 2. The number of aromatic nitrogens is 1. The number of guanidine groups is 1. The number of nitrogens with two attached hydrogens (primary N) is 1. The molecule has 1 heterocycles. The van der Waals surface area contributed by atoms with Gasteiger partial charge in [-0.2, -0.15) is 0 Å². The van der Waals surface area contributed by atoms with Crippen LogP contribution in [0, 0.1) is 0 Å². The van der Waals surface area contributed by atoms with Crippen LogP contribution in [0.2, 0.25) is 10.0 Å². The van der Waals surface area contributed by atoms with Gasteiger partial charge in [-0.1, -0.05) is 49.2 Å². The molecule has 0 unspecified atom stereocenters. The van der Waals surface area contributed by atoms with Gasteiger partial charge in [-0.15, -0.1) is 24.0 Å². The number of rotatable bonds is 4. The lowest BCUT2D eigenvalue weighted by Gasteiger charge is -2.25. The summed E-state index contributed by atoms with van der Waals surface area (Å²) in [6.07, 6.45) is 1.68. The fourth-order valence-electron chi connectivity index (χ4n) is 2.11. The van der Waals surface area contributed by atoms with Crippen LogP contribution in [0.15, 0.2) is 47.6 Å². The van der Waals surface area contributed by atoms with Crippen molar-refractivity contribution in [2.45, 2.75) is 19.3 Å². The third kappa shape index (κ3) is 5.51. The smallest absolute Gasteiger partial charge is 0.194 e. The predicted molar refractivity (Wildman–Crippen MR) is 109 cm³/mol. The molecule has 0 bridgehead atoms. The Morgan fingerprint density at radius 3 is 2.39 bits per heavy atom. The third-order valence-corrected chi connectivity index (χ3v) is 3.84. The highest BCUT2D eigenvalue weighted by Gasteiger charge is 2.25. The van der Waals surface area contributed by atoms with Crippen LogP contribution in [0.4, 0.5) is 5.82 Å². The van der Waals surface area contributed by atoms with E-state index in [4.69, 9.17) is 28.9 Å². The summed E-state index contributed by atoms with van der Waals surface area (Å²) < 4.78 is 0. The lowest BCUT2D eigenvalue weighted by atomic mass is 9.84. The van der Waals surface area contributed by atoms with E-state index in [1.807, 2.05) is 50.2 Å². The molecule has 0 saturated heterocycles.